The van der Waals surface area contributed by atoms with Crippen LogP contribution in [0.4, 0.5) is 5.69 Å². The van der Waals surface area contributed by atoms with Gasteiger partial charge in [-0.05, 0) is 61.4 Å². The van der Waals surface area contributed by atoms with E-state index in [9.17, 15) is 14.4 Å². The number of benzene rings is 2. The molecule has 2 aromatic carbocycles. The van der Waals surface area contributed by atoms with Crippen LogP contribution in [0.1, 0.15) is 23.3 Å². The Morgan fingerprint density at radius 3 is 2.28 bits per heavy atom. The fraction of sp³-hybridized carbons (Fsp3) is 0.150. The minimum absolute atomic E-state index is 0.0427. The number of aromatic nitrogens is 1. The zero-order valence-corrected chi connectivity index (χ0v) is 16.6. The van der Waals surface area contributed by atoms with Crippen LogP contribution in [0.2, 0.25) is 10.0 Å². The van der Waals surface area contributed by atoms with Crippen LogP contribution in [0.5, 0.6) is 0 Å². The lowest BCUT2D eigenvalue weighted by atomic mass is 10.2. The van der Waals surface area contributed by atoms with Crippen molar-refractivity contribution in [3.63, 3.8) is 0 Å². The zero-order chi connectivity index (χ0) is 20.5. The molecule has 0 spiro atoms. The Kier molecular flexibility index (Phi) is 5.17. The molecule has 1 saturated carbocycles. The molecular weight excluding hydrogens is 415 g/mol. The van der Waals surface area contributed by atoms with E-state index in [1.807, 2.05) is 0 Å². The number of carbonyl (C=O) groups is 3. The van der Waals surface area contributed by atoms with Gasteiger partial charge in [-0.3, -0.25) is 19.8 Å². The summed E-state index contributed by atoms with van der Waals surface area (Å²) in [6.45, 7) is 0. The van der Waals surface area contributed by atoms with Gasteiger partial charge in [0.25, 0.3) is 5.91 Å². The SMILES string of the molecule is O=C(NC1CC1)C(=O)Nn1c(C(=O)Nc2ccc(Cl)cc2)cc2cc(Cl)ccc21. The maximum atomic E-state index is 12.9. The third-order valence-electron chi connectivity index (χ3n) is 4.43. The van der Waals surface area contributed by atoms with Gasteiger partial charge in [0.15, 0.2) is 0 Å². The van der Waals surface area contributed by atoms with Gasteiger partial charge in [-0.25, -0.2) is 4.68 Å². The van der Waals surface area contributed by atoms with E-state index in [4.69, 9.17) is 23.2 Å². The second-order valence-corrected chi connectivity index (χ2v) is 7.59. The minimum atomic E-state index is -0.857. The second kappa shape index (κ2) is 7.77. The van der Waals surface area contributed by atoms with Crippen molar-refractivity contribution in [1.82, 2.24) is 9.99 Å². The Balaban J connectivity index is 1.65. The second-order valence-electron chi connectivity index (χ2n) is 6.72. The number of halogens is 2. The maximum absolute atomic E-state index is 12.9. The highest BCUT2D eigenvalue weighted by Crippen LogP contribution is 2.24. The summed E-state index contributed by atoms with van der Waals surface area (Å²) in [5.41, 5.74) is 3.71. The monoisotopic (exact) mass is 430 g/mol. The van der Waals surface area contributed by atoms with Crippen molar-refractivity contribution in [2.24, 2.45) is 0 Å². The summed E-state index contributed by atoms with van der Waals surface area (Å²) in [4.78, 5) is 37.2. The smallest absolute Gasteiger partial charge is 0.328 e. The molecule has 1 fully saturated rings. The Morgan fingerprint density at radius 1 is 0.897 bits per heavy atom. The first-order valence-electron chi connectivity index (χ1n) is 8.90. The number of hydrogen-bond acceptors (Lipinski definition) is 3. The third-order valence-corrected chi connectivity index (χ3v) is 4.92. The molecule has 1 aromatic heterocycles. The molecule has 1 heterocycles. The van der Waals surface area contributed by atoms with Crippen molar-refractivity contribution >= 4 is 57.5 Å². The predicted octanol–water partition coefficient (Wildman–Crippen LogP) is 3.55. The standard InChI is InChI=1S/C20H16Cl2N4O3/c21-12-1-4-14(5-2-12)23-18(27)17-10-11-9-13(22)3-8-16(11)26(17)25-20(29)19(28)24-15-6-7-15/h1-5,8-10,15H,6-7H2,(H,23,27)(H,24,28)(H,25,29). The van der Waals surface area contributed by atoms with Crippen molar-refractivity contribution in [2.75, 3.05) is 10.7 Å². The molecule has 3 aromatic rings. The number of fused-ring (bicyclic) bond motifs is 1. The van der Waals surface area contributed by atoms with Crippen LogP contribution in [0.25, 0.3) is 10.9 Å². The van der Waals surface area contributed by atoms with Gasteiger partial charge >= 0.3 is 11.8 Å². The summed E-state index contributed by atoms with van der Waals surface area (Å²) >= 11 is 11.9. The molecule has 7 nitrogen and oxygen atoms in total. The molecule has 0 atom stereocenters. The summed E-state index contributed by atoms with van der Waals surface area (Å²) in [6.07, 6.45) is 1.72. The Hall–Kier alpha value is -3.03. The van der Waals surface area contributed by atoms with E-state index in [2.05, 4.69) is 16.1 Å². The molecule has 1 aliphatic carbocycles. The van der Waals surface area contributed by atoms with E-state index >= 15 is 0 Å². The number of amides is 3. The number of carbonyl (C=O) groups excluding carboxylic acids is 3. The lowest BCUT2D eigenvalue weighted by molar-refractivity contribution is -0.136. The average Bonchev–Trinajstić information content (AvgIpc) is 3.43. The largest absolute Gasteiger partial charge is 0.345 e. The van der Waals surface area contributed by atoms with Gasteiger partial charge in [0.05, 0.1) is 5.52 Å². The lowest BCUT2D eigenvalue weighted by Gasteiger charge is -2.12. The molecular formula is C20H16Cl2N4O3. The summed E-state index contributed by atoms with van der Waals surface area (Å²) in [5, 5.41) is 7.03. The molecule has 0 unspecified atom stereocenters. The van der Waals surface area contributed by atoms with Gasteiger partial charge in [0, 0.05) is 27.2 Å². The van der Waals surface area contributed by atoms with Crippen LogP contribution in [-0.2, 0) is 9.59 Å². The quantitative estimate of drug-likeness (QED) is 0.552. The molecule has 29 heavy (non-hydrogen) atoms. The fourth-order valence-electron chi connectivity index (χ4n) is 2.83. The zero-order valence-electron chi connectivity index (χ0n) is 15.0. The summed E-state index contributed by atoms with van der Waals surface area (Å²) in [7, 11) is 0. The topological polar surface area (TPSA) is 92.2 Å². The number of hydrogen-bond donors (Lipinski definition) is 3. The highest BCUT2D eigenvalue weighted by molar-refractivity contribution is 6.38. The van der Waals surface area contributed by atoms with E-state index < -0.39 is 17.7 Å². The lowest BCUT2D eigenvalue weighted by Crippen LogP contribution is -2.40. The van der Waals surface area contributed by atoms with E-state index in [0.717, 1.165) is 12.8 Å². The Morgan fingerprint density at radius 2 is 1.59 bits per heavy atom. The van der Waals surface area contributed by atoms with Crippen LogP contribution in [-0.4, -0.2) is 28.4 Å². The Labute approximate surface area is 175 Å². The van der Waals surface area contributed by atoms with Crippen molar-refractivity contribution in [3.05, 3.63) is 64.3 Å². The summed E-state index contributed by atoms with van der Waals surface area (Å²) in [6, 6.07) is 13.2. The third kappa shape index (κ3) is 4.36. The molecule has 1 aliphatic rings. The van der Waals surface area contributed by atoms with E-state index in [1.54, 1.807) is 48.5 Å². The number of nitrogens with one attached hydrogen (secondary N) is 3. The van der Waals surface area contributed by atoms with Crippen LogP contribution in [0.15, 0.2) is 48.5 Å². The van der Waals surface area contributed by atoms with E-state index in [0.29, 0.717) is 26.6 Å². The molecule has 0 bridgehead atoms. The van der Waals surface area contributed by atoms with Crippen molar-refractivity contribution in [1.29, 1.82) is 0 Å². The summed E-state index contributed by atoms with van der Waals surface area (Å²) in [5.74, 6) is -2.07. The average molecular weight is 431 g/mol. The minimum Gasteiger partial charge on any atom is -0.345 e. The molecule has 0 radical (unpaired) electrons. The normalized spacial score (nSPS) is 13.2. The molecule has 3 amide bonds. The highest BCUT2D eigenvalue weighted by Gasteiger charge is 2.27. The molecule has 3 N–H and O–H groups in total. The van der Waals surface area contributed by atoms with Gasteiger partial charge in [-0.1, -0.05) is 23.2 Å². The molecule has 9 heteroatoms. The fourth-order valence-corrected chi connectivity index (χ4v) is 3.14. The van der Waals surface area contributed by atoms with E-state index in [1.165, 1.54) is 4.68 Å². The van der Waals surface area contributed by atoms with Gasteiger partial charge in [-0.15, -0.1) is 0 Å². The first kappa shape index (κ1) is 19.3. The van der Waals surface area contributed by atoms with Gasteiger partial charge in [-0.2, -0.15) is 0 Å². The van der Waals surface area contributed by atoms with Crippen LogP contribution in [0, 0.1) is 0 Å². The van der Waals surface area contributed by atoms with Crippen molar-refractivity contribution in [2.45, 2.75) is 18.9 Å². The summed E-state index contributed by atoms with van der Waals surface area (Å²) < 4.78 is 1.28. The molecule has 148 valence electrons. The van der Waals surface area contributed by atoms with Gasteiger partial charge < -0.3 is 10.6 Å². The highest BCUT2D eigenvalue weighted by atomic mass is 35.5. The van der Waals surface area contributed by atoms with Gasteiger partial charge in [0.1, 0.15) is 5.69 Å². The first-order chi connectivity index (χ1) is 13.9. The van der Waals surface area contributed by atoms with Crippen LogP contribution < -0.4 is 16.1 Å². The first-order valence-corrected chi connectivity index (χ1v) is 9.66. The van der Waals surface area contributed by atoms with Crippen LogP contribution in [0.3, 0.4) is 0 Å². The van der Waals surface area contributed by atoms with Crippen LogP contribution >= 0.6 is 23.2 Å². The Bertz CT molecular complexity index is 1120. The molecule has 0 saturated heterocycles. The molecule has 0 aliphatic heterocycles. The molecule has 4 rings (SSSR count). The van der Waals surface area contributed by atoms with E-state index in [-0.39, 0.29) is 11.7 Å². The van der Waals surface area contributed by atoms with Crippen molar-refractivity contribution < 1.29 is 14.4 Å². The van der Waals surface area contributed by atoms with Crippen molar-refractivity contribution in [3.8, 4) is 0 Å². The van der Waals surface area contributed by atoms with Gasteiger partial charge in [0.2, 0.25) is 0 Å². The maximum Gasteiger partial charge on any atom is 0.328 e. The predicted molar refractivity (Wildman–Crippen MR) is 112 cm³/mol. The number of rotatable bonds is 4. The number of anilines is 1. The number of nitrogens with zero attached hydrogens (tertiary/aromatic N) is 1.